The Bertz CT molecular complexity index is 937. The Morgan fingerprint density at radius 3 is 2.62 bits per heavy atom. The van der Waals surface area contributed by atoms with Gasteiger partial charge in [0.25, 0.3) is 0 Å². The number of oxazole rings is 1. The first-order valence-electron chi connectivity index (χ1n) is 9.84. The summed E-state index contributed by atoms with van der Waals surface area (Å²) >= 11 is 0. The minimum Gasteiger partial charge on any atom is -0.444 e. The molecule has 0 saturated heterocycles. The third-order valence-electron chi connectivity index (χ3n) is 4.93. The summed E-state index contributed by atoms with van der Waals surface area (Å²) in [7, 11) is 0. The molecule has 2 unspecified atom stereocenters. The van der Waals surface area contributed by atoms with Gasteiger partial charge in [0.05, 0.1) is 6.54 Å². The lowest BCUT2D eigenvalue weighted by molar-refractivity contribution is 0.572. The number of guanidine groups is 1. The Morgan fingerprint density at radius 2 is 1.90 bits per heavy atom. The van der Waals surface area contributed by atoms with Gasteiger partial charge in [0.1, 0.15) is 12.0 Å². The number of aliphatic imine (C=N–C) groups is 1. The van der Waals surface area contributed by atoms with E-state index in [1.807, 2.05) is 12.1 Å². The third kappa shape index (κ3) is 5.59. The van der Waals surface area contributed by atoms with E-state index in [0.717, 1.165) is 30.2 Å². The average Bonchev–Trinajstić information content (AvgIpc) is 3.33. The molecule has 1 fully saturated rings. The third-order valence-corrected chi connectivity index (χ3v) is 4.93. The normalized spacial score (nSPS) is 18.1. The summed E-state index contributed by atoms with van der Waals surface area (Å²) in [6.45, 7) is 5.44. The smallest absolute Gasteiger partial charge is 0.226 e. The van der Waals surface area contributed by atoms with Gasteiger partial charge in [0.15, 0.2) is 5.96 Å². The molecule has 0 spiro atoms. The molecule has 2 aromatic carbocycles. The first-order valence-corrected chi connectivity index (χ1v) is 9.84. The van der Waals surface area contributed by atoms with E-state index in [1.165, 1.54) is 11.1 Å². The predicted molar refractivity (Wildman–Crippen MR) is 128 cm³/mol. The minimum atomic E-state index is 0. The van der Waals surface area contributed by atoms with Crippen LogP contribution in [0.5, 0.6) is 0 Å². The van der Waals surface area contributed by atoms with Gasteiger partial charge in [0, 0.05) is 24.1 Å². The molecule has 1 aliphatic rings. The molecule has 1 heterocycles. The van der Waals surface area contributed by atoms with Crippen LogP contribution in [0, 0.1) is 6.92 Å². The van der Waals surface area contributed by atoms with Gasteiger partial charge in [-0.05, 0) is 38.0 Å². The second-order valence-electron chi connectivity index (χ2n) is 7.21. The maximum absolute atomic E-state index is 5.63. The standard InChI is InChI=1S/C23H26N4O.HI/c1-3-24-23(27-21-13-20(21)17-7-5-4-6-8-17)25-14-19-15-28-22(26-19)18-11-9-16(2)10-12-18;/h4-12,15,20-21H,3,13-14H2,1-2H3,(H2,24,25,27);1H. The second kappa shape index (κ2) is 9.91. The topological polar surface area (TPSA) is 62.5 Å². The molecule has 1 aliphatic carbocycles. The molecular weight excluding hydrogens is 475 g/mol. The van der Waals surface area contributed by atoms with Gasteiger partial charge < -0.3 is 15.1 Å². The molecule has 2 atom stereocenters. The van der Waals surface area contributed by atoms with E-state index in [0.29, 0.717) is 24.4 Å². The molecule has 1 aromatic heterocycles. The van der Waals surface area contributed by atoms with Crippen LogP contribution in [0.1, 0.15) is 36.1 Å². The summed E-state index contributed by atoms with van der Waals surface area (Å²) in [6, 6.07) is 19.2. The monoisotopic (exact) mass is 502 g/mol. The van der Waals surface area contributed by atoms with Gasteiger partial charge in [-0.15, -0.1) is 24.0 Å². The number of aromatic nitrogens is 1. The van der Waals surface area contributed by atoms with Crippen molar-refractivity contribution in [3.63, 3.8) is 0 Å². The number of aryl methyl sites for hydroxylation is 1. The fourth-order valence-corrected chi connectivity index (χ4v) is 3.29. The lowest BCUT2D eigenvalue weighted by atomic mass is 10.1. The van der Waals surface area contributed by atoms with Crippen LogP contribution >= 0.6 is 24.0 Å². The van der Waals surface area contributed by atoms with Gasteiger partial charge >= 0.3 is 0 Å². The van der Waals surface area contributed by atoms with E-state index < -0.39 is 0 Å². The summed E-state index contributed by atoms with van der Waals surface area (Å²) in [4.78, 5) is 9.26. The second-order valence-corrected chi connectivity index (χ2v) is 7.21. The molecule has 2 N–H and O–H groups in total. The molecule has 0 bridgehead atoms. The number of halogens is 1. The van der Waals surface area contributed by atoms with Crippen molar-refractivity contribution in [2.75, 3.05) is 6.54 Å². The van der Waals surface area contributed by atoms with E-state index in [-0.39, 0.29) is 24.0 Å². The number of benzene rings is 2. The van der Waals surface area contributed by atoms with Crippen molar-refractivity contribution in [1.82, 2.24) is 15.6 Å². The molecular formula is C23H27IN4O. The van der Waals surface area contributed by atoms with Crippen LogP contribution in [-0.4, -0.2) is 23.5 Å². The molecule has 3 aromatic rings. The highest BCUT2D eigenvalue weighted by atomic mass is 127. The SMILES string of the molecule is CCNC(=NCc1coc(-c2ccc(C)cc2)n1)NC1CC1c1ccccc1.I. The van der Waals surface area contributed by atoms with E-state index in [1.54, 1.807) is 6.26 Å². The van der Waals surface area contributed by atoms with E-state index in [4.69, 9.17) is 4.42 Å². The van der Waals surface area contributed by atoms with Gasteiger partial charge in [-0.1, -0.05) is 48.0 Å². The highest BCUT2D eigenvalue weighted by Gasteiger charge is 2.38. The predicted octanol–water partition coefficient (Wildman–Crippen LogP) is 4.88. The summed E-state index contributed by atoms with van der Waals surface area (Å²) in [5.41, 5.74) is 4.41. The number of hydrogen-bond donors (Lipinski definition) is 2. The van der Waals surface area contributed by atoms with Crippen molar-refractivity contribution in [2.45, 2.75) is 38.8 Å². The number of nitrogens with zero attached hydrogens (tertiary/aromatic N) is 2. The van der Waals surface area contributed by atoms with Crippen LogP contribution in [0.3, 0.4) is 0 Å². The van der Waals surface area contributed by atoms with Crippen LogP contribution in [-0.2, 0) is 6.54 Å². The maximum atomic E-state index is 5.63. The van der Waals surface area contributed by atoms with E-state index in [9.17, 15) is 0 Å². The number of hydrogen-bond acceptors (Lipinski definition) is 3. The number of nitrogens with one attached hydrogen (secondary N) is 2. The summed E-state index contributed by atoms with van der Waals surface area (Å²) in [6.07, 6.45) is 2.82. The Hall–Kier alpha value is -2.35. The van der Waals surface area contributed by atoms with Gasteiger partial charge in [-0.25, -0.2) is 9.98 Å². The van der Waals surface area contributed by atoms with Crippen molar-refractivity contribution in [3.8, 4) is 11.5 Å². The Labute approximate surface area is 189 Å². The quantitative estimate of drug-likeness (QED) is 0.287. The van der Waals surface area contributed by atoms with Crippen molar-refractivity contribution in [1.29, 1.82) is 0 Å². The Balaban J connectivity index is 0.00000240. The molecule has 1 saturated carbocycles. The van der Waals surface area contributed by atoms with Gasteiger partial charge in [0.2, 0.25) is 5.89 Å². The molecule has 152 valence electrons. The van der Waals surface area contributed by atoms with Crippen LogP contribution in [0.2, 0.25) is 0 Å². The average molecular weight is 502 g/mol. The fraction of sp³-hybridized carbons (Fsp3) is 0.304. The van der Waals surface area contributed by atoms with Crippen molar-refractivity contribution >= 4 is 29.9 Å². The highest BCUT2D eigenvalue weighted by Crippen LogP contribution is 2.40. The largest absolute Gasteiger partial charge is 0.444 e. The first kappa shape index (κ1) is 21.4. The lowest BCUT2D eigenvalue weighted by Crippen LogP contribution is -2.39. The molecule has 6 heteroatoms. The van der Waals surface area contributed by atoms with Crippen molar-refractivity contribution in [3.05, 3.63) is 77.7 Å². The zero-order valence-electron chi connectivity index (χ0n) is 16.8. The van der Waals surface area contributed by atoms with Crippen LogP contribution in [0.4, 0.5) is 0 Å². The summed E-state index contributed by atoms with van der Waals surface area (Å²) in [5.74, 6) is 2.02. The molecule has 29 heavy (non-hydrogen) atoms. The molecule has 0 amide bonds. The zero-order valence-corrected chi connectivity index (χ0v) is 19.1. The van der Waals surface area contributed by atoms with E-state index in [2.05, 4.69) is 76.9 Å². The Morgan fingerprint density at radius 1 is 1.14 bits per heavy atom. The number of rotatable bonds is 6. The Kier molecular flexibility index (Phi) is 7.30. The van der Waals surface area contributed by atoms with Crippen molar-refractivity contribution < 1.29 is 4.42 Å². The molecule has 5 nitrogen and oxygen atoms in total. The molecule has 4 rings (SSSR count). The zero-order chi connectivity index (χ0) is 19.3. The van der Waals surface area contributed by atoms with Crippen molar-refractivity contribution in [2.24, 2.45) is 4.99 Å². The van der Waals surface area contributed by atoms with Gasteiger partial charge in [-0.2, -0.15) is 0 Å². The molecule has 0 radical (unpaired) electrons. The fourth-order valence-electron chi connectivity index (χ4n) is 3.29. The first-order chi connectivity index (χ1) is 13.7. The summed E-state index contributed by atoms with van der Waals surface area (Å²) in [5, 5.41) is 6.86. The van der Waals surface area contributed by atoms with Crippen LogP contribution in [0.25, 0.3) is 11.5 Å². The minimum absolute atomic E-state index is 0. The maximum Gasteiger partial charge on any atom is 0.226 e. The highest BCUT2D eigenvalue weighted by molar-refractivity contribution is 14.0. The molecule has 0 aliphatic heterocycles. The van der Waals surface area contributed by atoms with E-state index >= 15 is 0 Å². The van der Waals surface area contributed by atoms with Crippen LogP contribution < -0.4 is 10.6 Å². The lowest BCUT2D eigenvalue weighted by Gasteiger charge is -2.10. The van der Waals surface area contributed by atoms with Crippen LogP contribution in [0.15, 0.2) is 70.3 Å². The summed E-state index contributed by atoms with van der Waals surface area (Å²) < 4.78 is 5.63. The van der Waals surface area contributed by atoms with Gasteiger partial charge in [-0.3, -0.25) is 0 Å².